The first-order chi connectivity index (χ1) is 8.91. The average molecular weight is 279 g/mol. The number of thiazole rings is 1. The Morgan fingerprint density at radius 1 is 1.58 bits per heavy atom. The fourth-order valence-corrected chi connectivity index (χ4v) is 3.12. The molecule has 4 nitrogen and oxygen atoms in total. The molecule has 0 bridgehead atoms. The summed E-state index contributed by atoms with van der Waals surface area (Å²) in [5, 5.41) is 12.2. The second-order valence-electron chi connectivity index (χ2n) is 5.98. The van der Waals surface area contributed by atoms with E-state index in [4.69, 9.17) is 15.0 Å². The van der Waals surface area contributed by atoms with Gasteiger partial charge in [-0.3, -0.25) is 4.90 Å². The highest BCUT2D eigenvalue weighted by atomic mass is 32.1. The molecule has 0 N–H and O–H groups in total. The first-order valence-corrected chi connectivity index (χ1v) is 7.51. The molecule has 19 heavy (non-hydrogen) atoms. The molecule has 0 spiro atoms. The van der Waals surface area contributed by atoms with Gasteiger partial charge in [0.05, 0.1) is 24.4 Å². The van der Waals surface area contributed by atoms with Crippen molar-refractivity contribution in [2.75, 3.05) is 19.7 Å². The van der Waals surface area contributed by atoms with Crippen molar-refractivity contribution in [3.63, 3.8) is 0 Å². The van der Waals surface area contributed by atoms with Gasteiger partial charge in [-0.25, -0.2) is 4.98 Å². The molecule has 1 aliphatic heterocycles. The van der Waals surface area contributed by atoms with Gasteiger partial charge in [0.25, 0.3) is 0 Å². The molecular formula is C14H21N3OS. The van der Waals surface area contributed by atoms with E-state index in [0.717, 1.165) is 23.8 Å². The van der Waals surface area contributed by atoms with Gasteiger partial charge in [-0.2, -0.15) is 5.26 Å². The molecule has 1 fully saturated rings. The Bertz CT molecular complexity index is 472. The molecule has 2 rings (SSSR count). The maximum atomic E-state index is 9.01. The van der Waals surface area contributed by atoms with Gasteiger partial charge >= 0.3 is 0 Å². The Kier molecular flexibility index (Phi) is 4.24. The van der Waals surface area contributed by atoms with Crippen LogP contribution in [0.4, 0.5) is 0 Å². The average Bonchev–Trinajstić information content (AvgIpc) is 2.87. The normalized spacial score (nSPS) is 23.0. The molecule has 0 aromatic carbocycles. The molecule has 1 aromatic rings. The van der Waals surface area contributed by atoms with Gasteiger partial charge in [-0.15, -0.1) is 11.3 Å². The van der Waals surface area contributed by atoms with Crippen molar-refractivity contribution in [3.05, 3.63) is 16.1 Å². The Labute approximate surface area is 119 Å². The van der Waals surface area contributed by atoms with E-state index < -0.39 is 0 Å². The number of aromatic nitrogens is 1. The lowest BCUT2D eigenvalue weighted by Crippen LogP contribution is -2.42. The van der Waals surface area contributed by atoms with E-state index in [-0.39, 0.29) is 17.6 Å². The van der Waals surface area contributed by atoms with Crippen molar-refractivity contribution < 1.29 is 4.74 Å². The van der Waals surface area contributed by atoms with E-state index in [1.165, 1.54) is 0 Å². The van der Waals surface area contributed by atoms with Crippen LogP contribution in [0.5, 0.6) is 0 Å². The van der Waals surface area contributed by atoms with E-state index in [9.17, 15) is 0 Å². The molecule has 5 heteroatoms. The van der Waals surface area contributed by atoms with Crippen molar-refractivity contribution >= 4 is 11.3 Å². The van der Waals surface area contributed by atoms with Gasteiger partial charge in [0.15, 0.2) is 0 Å². The molecule has 0 amide bonds. The van der Waals surface area contributed by atoms with E-state index in [2.05, 4.69) is 37.1 Å². The molecule has 104 valence electrons. The number of morpholine rings is 1. The van der Waals surface area contributed by atoms with Crippen LogP contribution in [-0.4, -0.2) is 35.6 Å². The van der Waals surface area contributed by atoms with Crippen LogP contribution < -0.4 is 0 Å². The van der Waals surface area contributed by atoms with E-state index in [1.807, 2.05) is 6.92 Å². The van der Waals surface area contributed by atoms with Gasteiger partial charge in [-0.1, -0.05) is 20.8 Å². The highest BCUT2D eigenvalue weighted by Crippen LogP contribution is 2.30. The monoisotopic (exact) mass is 279 g/mol. The van der Waals surface area contributed by atoms with Crippen LogP contribution in [-0.2, 0) is 10.2 Å². The Morgan fingerprint density at radius 3 is 2.89 bits per heavy atom. The molecule has 1 saturated heterocycles. The third-order valence-electron chi connectivity index (χ3n) is 3.40. The van der Waals surface area contributed by atoms with E-state index in [1.54, 1.807) is 11.3 Å². The molecule has 0 aliphatic carbocycles. The maximum Gasteiger partial charge on any atom is 0.123 e. The summed E-state index contributed by atoms with van der Waals surface area (Å²) >= 11 is 1.66. The van der Waals surface area contributed by atoms with Crippen molar-refractivity contribution in [1.29, 1.82) is 5.26 Å². The summed E-state index contributed by atoms with van der Waals surface area (Å²) in [5.41, 5.74) is 1.19. The SMILES string of the molecule is C[C@@H](C#N)N1CCO[C@H](c2nc(C(C)(C)C)cs2)C1. The zero-order valence-electron chi connectivity index (χ0n) is 12.0. The first-order valence-electron chi connectivity index (χ1n) is 6.63. The molecular weight excluding hydrogens is 258 g/mol. The molecule has 0 saturated carbocycles. The molecule has 1 aliphatic rings. The number of nitrogens with zero attached hydrogens (tertiary/aromatic N) is 3. The first kappa shape index (κ1) is 14.4. The fourth-order valence-electron chi connectivity index (χ4n) is 2.03. The van der Waals surface area contributed by atoms with Crippen molar-refractivity contribution in [2.45, 2.75) is 45.3 Å². The largest absolute Gasteiger partial charge is 0.368 e. The second-order valence-corrected chi connectivity index (χ2v) is 6.87. The Balaban J connectivity index is 2.10. The van der Waals surface area contributed by atoms with Crippen molar-refractivity contribution in [2.24, 2.45) is 0 Å². The highest BCUT2D eigenvalue weighted by molar-refractivity contribution is 7.09. The molecule has 0 unspecified atom stereocenters. The number of rotatable bonds is 2. The standard InChI is InChI=1S/C14H21N3OS/c1-10(7-15)17-5-6-18-11(8-17)13-16-12(9-19-13)14(2,3)4/h9-11H,5-6,8H2,1-4H3/t10-,11-/m0/s1. The van der Waals surface area contributed by atoms with Crippen LogP contribution >= 0.6 is 11.3 Å². The lowest BCUT2D eigenvalue weighted by molar-refractivity contribution is -0.0360. The van der Waals surface area contributed by atoms with E-state index >= 15 is 0 Å². The summed E-state index contributed by atoms with van der Waals surface area (Å²) in [4.78, 5) is 6.87. The van der Waals surface area contributed by atoms with E-state index in [0.29, 0.717) is 6.61 Å². The van der Waals surface area contributed by atoms with Gasteiger partial charge < -0.3 is 4.74 Å². The third kappa shape index (κ3) is 3.33. The number of hydrogen-bond donors (Lipinski definition) is 0. The van der Waals surface area contributed by atoms with Gasteiger partial charge in [-0.05, 0) is 6.92 Å². The summed E-state index contributed by atoms with van der Waals surface area (Å²) in [6.45, 7) is 10.7. The van der Waals surface area contributed by atoms with Crippen LogP contribution in [0.2, 0.25) is 0 Å². The zero-order chi connectivity index (χ0) is 14.0. The Morgan fingerprint density at radius 2 is 2.32 bits per heavy atom. The number of hydrogen-bond acceptors (Lipinski definition) is 5. The van der Waals surface area contributed by atoms with Crippen molar-refractivity contribution in [1.82, 2.24) is 9.88 Å². The number of ether oxygens (including phenoxy) is 1. The molecule has 1 aromatic heterocycles. The fraction of sp³-hybridized carbons (Fsp3) is 0.714. The van der Waals surface area contributed by atoms with Gasteiger partial charge in [0.2, 0.25) is 0 Å². The van der Waals surface area contributed by atoms with Crippen LogP contribution in [0, 0.1) is 11.3 Å². The lowest BCUT2D eigenvalue weighted by Gasteiger charge is -2.33. The molecule has 2 atom stereocenters. The van der Waals surface area contributed by atoms with Crippen LogP contribution in [0.1, 0.15) is 44.5 Å². The summed E-state index contributed by atoms with van der Waals surface area (Å²) in [5.74, 6) is 0. The minimum Gasteiger partial charge on any atom is -0.368 e. The summed E-state index contributed by atoms with van der Waals surface area (Å²) in [6.07, 6.45) is 0.00523. The third-order valence-corrected chi connectivity index (χ3v) is 4.34. The second kappa shape index (κ2) is 5.58. The lowest BCUT2D eigenvalue weighted by atomic mass is 9.93. The van der Waals surface area contributed by atoms with Crippen LogP contribution in [0.3, 0.4) is 0 Å². The minimum atomic E-state index is -0.0616. The van der Waals surface area contributed by atoms with Crippen LogP contribution in [0.25, 0.3) is 0 Å². The highest BCUT2D eigenvalue weighted by Gasteiger charge is 2.28. The van der Waals surface area contributed by atoms with Crippen molar-refractivity contribution in [3.8, 4) is 6.07 Å². The van der Waals surface area contributed by atoms with Gasteiger partial charge in [0.1, 0.15) is 11.1 Å². The summed E-state index contributed by atoms with van der Waals surface area (Å²) < 4.78 is 5.81. The summed E-state index contributed by atoms with van der Waals surface area (Å²) in [6, 6.07) is 2.23. The molecule has 0 radical (unpaired) electrons. The smallest absolute Gasteiger partial charge is 0.123 e. The Hall–Kier alpha value is -0.960. The van der Waals surface area contributed by atoms with Gasteiger partial charge in [0, 0.05) is 23.9 Å². The predicted octanol–water partition coefficient (Wildman–Crippen LogP) is 2.73. The minimum absolute atomic E-state index is 0.00523. The van der Waals surface area contributed by atoms with Crippen LogP contribution in [0.15, 0.2) is 5.38 Å². The topological polar surface area (TPSA) is 49.2 Å². The molecule has 2 heterocycles. The quantitative estimate of drug-likeness (QED) is 0.835. The zero-order valence-corrected chi connectivity index (χ0v) is 12.8. The summed E-state index contributed by atoms with van der Waals surface area (Å²) in [7, 11) is 0. The number of nitriles is 1. The maximum absolute atomic E-state index is 9.01. The predicted molar refractivity (Wildman–Crippen MR) is 76.2 cm³/mol.